The quantitative estimate of drug-likeness (QED) is 0.378. The van der Waals surface area contributed by atoms with Gasteiger partial charge in [0.25, 0.3) is 0 Å². The predicted molar refractivity (Wildman–Crippen MR) is 167 cm³/mol. The highest BCUT2D eigenvalue weighted by Crippen LogP contribution is 2.32. The highest BCUT2D eigenvalue weighted by Gasteiger charge is 2.34. The fraction of sp³-hybridized carbons (Fsp3) is 0.457. The first-order chi connectivity index (χ1) is 21.0. The standard InChI is InChI=1S/C35H44N4O4/c1-37(18-16-31-12-5-6-17-36-31)34(40)22-28-15-19-39-25-29(28)11-8-20-43-33-14-4-3-10-30(33)24-38(26-35(39)41)23-27-9-7-13-32(21-27)42-2/h3-7,9-10,12-14,17,21,28-29H,8,11,15-16,18-20,22-26H2,1-2H3/t28-,29-/m0/s1. The van der Waals surface area contributed by atoms with Crippen molar-refractivity contribution in [1.82, 2.24) is 19.7 Å². The Bertz CT molecular complexity index is 1350. The third-order valence-corrected chi connectivity index (χ3v) is 8.78. The van der Waals surface area contributed by atoms with E-state index in [-0.39, 0.29) is 23.7 Å². The molecule has 3 aromatic rings. The van der Waals surface area contributed by atoms with Crippen LogP contribution < -0.4 is 9.47 Å². The van der Waals surface area contributed by atoms with Crippen LogP contribution in [-0.2, 0) is 29.1 Å². The molecule has 1 aromatic heterocycles. The van der Waals surface area contributed by atoms with Crippen LogP contribution in [-0.4, -0.2) is 78.4 Å². The molecule has 8 heteroatoms. The molecule has 2 aromatic carbocycles. The highest BCUT2D eigenvalue weighted by atomic mass is 16.5. The number of hydrogen-bond donors (Lipinski definition) is 0. The van der Waals surface area contributed by atoms with E-state index < -0.39 is 0 Å². The largest absolute Gasteiger partial charge is 0.497 e. The number of hydrogen-bond acceptors (Lipinski definition) is 6. The average Bonchev–Trinajstić information content (AvgIpc) is 3.04. The molecule has 2 bridgehead atoms. The molecule has 0 unspecified atom stereocenters. The number of benzene rings is 2. The van der Waals surface area contributed by atoms with Gasteiger partial charge in [0.1, 0.15) is 11.5 Å². The number of piperidine rings is 1. The van der Waals surface area contributed by atoms with E-state index in [0.29, 0.717) is 52.3 Å². The van der Waals surface area contributed by atoms with E-state index >= 15 is 0 Å². The van der Waals surface area contributed by atoms with E-state index in [2.05, 4.69) is 22.0 Å². The van der Waals surface area contributed by atoms with Crippen LogP contribution in [0.1, 0.15) is 42.5 Å². The van der Waals surface area contributed by atoms with Gasteiger partial charge in [0.2, 0.25) is 11.8 Å². The van der Waals surface area contributed by atoms with E-state index in [4.69, 9.17) is 9.47 Å². The molecule has 0 spiro atoms. The molecule has 0 N–H and O–H groups in total. The van der Waals surface area contributed by atoms with Crippen molar-refractivity contribution in [3.05, 3.63) is 89.7 Å². The summed E-state index contributed by atoms with van der Waals surface area (Å²) in [5.41, 5.74) is 3.16. The first kappa shape index (κ1) is 30.5. The molecular weight excluding hydrogens is 540 g/mol. The van der Waals surface area contributed by atoms with Crippen molar-refractivity contribution in [3.8, 4) is 11.5 Å². The first-order valence-electron chi connectivity index (χ1n) is 15.5. The van der Waals surface area contributed by atoms with Crippen molar-refractivity contribution in [2.24, 2.45) is 11.8 Å². The summed E-state index contributed by atoms with van der Waals surface area (Å²) < 4.78 is 11.7. The molecule has 43 heavy (non-hydrogen) atoms. The summed E-state index contributed by atoms with van der Waals surface area (Å²) in [5, 5.41) is 0. The topological polar surface area (TPSA) is 75.2 Å². The lowest BCUT2D eigenvalue weighted by Gasteiger charge is -2.39. The zero-order valence-electron chi connectivity index (χ0n) is 25.5. The second-order valence-electron chi connectivity index (χ2n) is 11.8. The van der Waals surface area contributed by atoms with Gasteiger partial charge in [-0.25, -0.2) is 0 Å². The normalized spacial score (nSPS) is 19.7. The molecule has 2 atom stereocenters. The smallest absolute Gasteiger partial charge is 0.236 e. The number of nitrogens with zero attached hydrogens (tertiary/aromatic N) is 4. The Kier molecular flexibility index (Phi) is 10.7. The summed E-state index contributed by atoms with van der Waals surface area (Å²) in [6, 6.07) is 22.0. The number of methoxy groups -OCH3 is 1. The van der Waals surface area contributed by atoms with Crippen LogP contribution in [0.15, 0.2) is 72.9 Å². The summed E-state index contributed by atoms with van der Waals surface area (Å²) in [5.74, 6) is 2.49. The summed E-state index contributed by atoms with van der Waals surface area (Å²) in [6.07, 6.45) is 5.69. The lowest BCUT2D eigenvalue weighted by molar-refractivity contribution is -0.136. The molecular formula is C35H44N4O4. The van der Waals surface area contributed by atoms with E-state index in [1.165, 1.54) is 0 Å². The minimum atomic E-state index is 0.141. The van der Waals surface area contributed by atoms with Crippen LogP contribution >= 0.6 is 0 Å². The summed E-state index contributed by atoms with van der Waals surface area (Å²) in [7, 11) is 3.56. The molecule has 1 fully saturated rings. The van der Waals surface area contributed by atoms with Crippen molar-refractivity contribution >= 4 is 11.8 Å². The maximum absolute atomic E-state index is 13.8. The minimum absolute atomic E-state index is 0.141. The van der Waals surface area contributed by atoms with Gasteiger partial charge >= 0.3 is 0 Å². The van der Waals surface area contributed by atoms with Crippen LogP contribution in [0.25, 0.3) is 0 Å². The van der Waals surface area contributed by atoms with Gasteiger partial charge in [0.05, 0.1) is 20.3 Å². The Labute approximate surface area is 255 Å². The number of carbonyl (C=O) groups excluding carboxylic acids is 2. The van der Waals surface area contributed by atoms with Crippen molar-refractivity contribution < 1.29 is 19.1 Å². The number of amides is 2. The Hall–Kier alpha value is -3.91. The Morgan fingerprint density at radius 3 is 2.77 bits per heavy atom. The van der Waals surface area contributed by atoms with Gasteiger partial charge in [0.15, 0.2) is 0 Å². The number of carbonyl (C=O) groups is 2. The van der Waals surface area contributed by atoms with Crippen molar-refractivity contribution in [3.63, 3.8) is 0 Å². The van der Waals surface area contributed by atoms with Crippen LogP contribution in [0, 0.1) is 11.8 Å². The first-order valence-corrected chi connectivity index (χ1v) is 15.5. The molecule has 3 heterocycles. The zero-order chi connectivity index (χ0) is 30.0. The van der Waals surface area contributed by atoms with Crippen LogP contribution in [0.5, 0.6) is 11.5 Å². The van der Waals surface area contributed by atoms with Gasteiger partial charge in [-0.1, -0.05) is 36.4 Å². The SMILES string of the molecule is COc1cccc(CN2CC(=O)N3CC[C@@H](CC(=O)N(C)CCc4ccccn4)[C@@H](CCCOc4ccccc4C2)C3)c1. The lowest BCUT2D eigenvalue weighted by Crippen LogP contribution is -2.48. The minimum Gasteiger partial charge on any atom is -0.497 e. The fourth-order valence-corrected chi connectivity index (χ4v) is 6.27. The predicted octanol–water partition coefficient (Wildman–Crippen LogP) is 4.82. The number of pyridine rings is 1. The molecule has 2 aliphatic heterocycles. The Balaban J connectivity index is 1.27. The third kappa shape index (κ3) is 8.57. The summed E-state index contributed by atoms with van der Waals surface area (Å²) in [4.78, 5) is 37.5. The summed E-state index contributed by atoms with van der Waals surface area (Å²) in [6.45, 7) is 4.18. The second-order valence-corrected chi connectivity index (χ2v) is 11.8. The molecule has 8 nitrogen and oxygen atoms in total. The molecule has 0 radical (unpaired) electrons. The molecule has 0 saturated carbocycles. The van der Waals surface area contributed by atoms with Crippen molar-refractivity contribution in [2.45, 2.75) is 45.2 Å². The van der Waals surface area contributed by atoms with Gasteiger partial charge in [-0.15, -0.1) is 0 Å². The summed E-state index contributed by atoms with van der Waals surface area (Å²) >= 11 is 0. The van der Waals surface area contributed by atoms with E-state index in [0.717, 1.165) is 54.0 Å². The third-order valence-electron chi connectivity index (χ3n) is 8.78. The second kappa shape index (κ2) is 15.0. The fourth-order valence-electron chi connectivity index (χ4n) is 6.27. The number of likely N-dealkylation sites (N-methyl/N-ethyl adjacent to an activating group) is 1. The van der Waals surface area contributed by atoms with Crippen LogP contribution in [0.4, 0.5) is 0 Å². The monoisotopic (exact) mass is 584 g/mol. The molecule has 1 saturated heterocycles. The van der Waals surface area contributed by atoms with Gasteiger partial charge in [-0.2, -0.15) is 0 Å². The number of ether oxygens (including phenoxy) is 2. The molecule has 5 rings (SSSR count). The van der Waals surface area contributed by atoms with E-state index in [1.54, 1.807) is 13.3 Å². The Morgan fingerprint density at radius 2 is 1.93 bits per heavy atom. The van der Waals surface area contributed by atoms with Gasteiger partial charge < -0.3 is 19.3 Å². The molecule has 228 valence electrons. The number of fused-ring (bicyclic) bond motifs is 3. The maximum Gasteiger partial charge on any atom is 0.236 e. The van der Waals surface area contributed by atoms with Gasteiger partial charge in [0, 0.05) is 70.1 Å². The highest BCUT2D eigenvalue weighted by molar-refractivity contribution is 5.79. The number of aromatic nitrogens is 1. The molecule has 2 aliphatic rings. The zero-order valence-corrected chi connectivity index (χ0v) is 25.5. The number of para-hydroxylation sites is 1. The lowest BCUT2D eigenvalue weighted by atomic mass is 9.80. The molecule has 0 aliphatic carbocycles. The van der Waals surface area contributed by atoms with Gasteiger partial charge in [-0.05, 0) is 67.0 Å². The van der Waals surface area contributed by atoms with Crippen molar-refractivity contribution in [2.75, 3.05) is 46.9 Å². The van der Waals surface area contributed by atoms with E-state index in [1.807, 2.05) is 71.4 Å². The van der Waals surface area contributed by atoms with Gasteiger partial charge in [-0.3, -0.25) is 19.5 Å². The van der Waals surface area contributed by atoms with Crippen molar-refractivity contribution in [1.29, 1.82) is 0 Å². The maximum atomic E-state index is 13.8. The Morgan fingerprint density at radius 1 is 1.07 bits per heavy atom. The van der Waals surface area contributed by atoms with Crippen LogP contribution in [0.2, 0.25) is 0 Å². The number of rotatable bonds is 8. The average molecular weight is 585 g/mol. The molecule has 2 amide bonds. The van der Waals surface area contributed by atoms with E-state index in [9.17, 15) is 9.59 Å². The van der Waals surface area contributed by atoms with Crippen LogP contribution in [0.3, 0.4) is 0 Å².